The molecule has 1 aromatic rings. The third kappa shape index (κ3) is 2.48. The summed E-state index contributed by atoms with van der Waals surface area (Å²) in [5.74, 6) is 1.51. The Morgan fingerprint density at radius 2 is 2.19 bits per heavy atom. The molecule has 0 spiro atoms. The summed E-state index contributed by atoms with van der Waals surface area (Å²) < 4.78 is 0. The molecule has 0 bridgehead atoms. The van der Waals surface area contributed by atoms with Crippen LogP contribution in [-0.2, 0) is 0 Å². The van der Waals surface area contributed by atoms with Crippen LogP contribution in [0, 0.1) is 17.2 Å². The SMILES string of the molecule is CC(C)CN(c1ccc(C#N)nn1)C1CC1. The number of aromatic nitrogens is 2. The van der Waals surface area contributed by atoms with Crippen molar-refractivity contribution in [1.29, 1.82) is 5.26 Å². The first-order chi connectivity index (χ1) is 7.70. The fourth-order valence-corrected chi connectivity index (χ4v) is 1.75. The molecular weight excluding hydrogens is 200 g/mol. The lowest BCUT2D eigenvalue weighted by atomic mass is 10.2. The summed E-state index contributed by atoms with van der Waals surface area (Å²) in [6, 6.07) is 6.25. The van der Waals surface area contributed by atoms with Crippen molar-refractivity contribution in [2.75, 3.05) is 11.4 Å². The lowest BCUT2D eigenvalue weighted by molar-refractivity contribution is 0.600. The lowest BCUT2D eigenvalue weighted by Crippen LogP contribution is -2.30. The van der Waals surface area contributed by atoms with Crippen molar-refractivity contribution in [2.45, 2.75) is 32.7 Å². The highest BCUT2D eigenvalue weighted by molar-refractivity contribution is 5.41. The van der Waals surface area contributed by atoms with E-state index in [0.29, 0.717) is 17.7 Å². The first-order valence-electron chi connectivity index (χ1n) is 5.71. The van der Waals surface area contributed by atoms with Gasteiger partial charge in [0.05, 0.1) is 0 Å². The molecule has 0 N–H and O–H groups in total. The van der Waals surface area contributed by atoms with Gasteiger partial charge in [-0.05, 0) is 30.9 Å². The molecule has 1 fully saturated rings. The molecule has 0 aliphatic heterocycles. The normalized spacial score (nSPS) is 14.9. The zero-order chi connectivity index (χ0) is 11.5. The van der Waals surface area contributed by atoms with Gasteiger partial charge >= 0.3 is 0 Å². The third-order valence-electron chi connectivity index (χ3n) is 2.61. The van der Waals surface area contributed by atoms with E-state index in [2.05, 4.69) is 28.9 Å². The fraction of sp³-hybridized carbons (Fsp3) is 0.583. The molecule has 1 aromatic heterocycles. The van der Waals surface area contributed by atoms with E-state index in [1.165, 1.54) is 12.8 Å². The van der Waals surface area contributed by atoms with Crippen molar-refractivity contribution in [1.82, 2.24) is 10.2 Å². The van der Waals surface area contributed by atoms with Gasteiger partial charge in [0.2, 0.25) is 0 Å². The number of rotatable bonds is 4. The highest BCUT2D eigenvalue weighted by Gasteiger charge is 2.30. The predicted molar refractivity (Wildman–Crippen MR) is 62.0 cm³/mol. The van der Waals surface area contributed by atoms with Crippen LogP contribution >= 0.6 is 0 Å². The van der Waals surface area contributed by atoms with E-state index in [4.69, 9.17) is 5.26 Å². The van der Waals surface area contributed by atoms with Crippen LogP contribution in [0.5, 0.6) is 0 Å². The Labute approximate surface area is 95.9 Å². The van der Waals surface area contributed by atoms with Gasteiger partial charge in [0.1, 0.15) is 6.07 Å². The van der Waals surface area contributed by atoms with Crippen molar-refractivity contribution in [2.24, 2.45) is 5.92 Å². The zero-order valence-corrected chi connectivity index (χ0v) is 9.72. The second kappa shape index (κ2) is 4.48. The first-order valence-corrected chi connectivity index (χ1v) is 5.71. The molecule has 0 saturated heterocycles. The molecule has 1 heterocycles. The fourth-order valence-electron chi connectivity index (χ4n) is 1.75. The van der Waals surface area contributed by atoms with Crippen molar-refractivity contribution >= 4 is 5.82 Å². The largest absolute Gasteiger partial charge is 0.352 e. The van der Waals surface area contributed by atoms with Gasteiger partial charge in [-0.3, -0.25) is 0 Å². The van der Waals surface area contributed by atoms with Crippen LogP contribution in [0.25, 0.3) is 0 Å². The number of hydrogen-bond donors (Lipinski definition) is 0. The number of anilines is 1. The number of hydrogen-bond acceptors (Lipinski definition) is 4. The van der Waals surface area contributed by atoms with Crippen molar-refractivity contribution in [3.8, 4) is 6.07 Å². The van der Waals surface area contributed by atoms with Gasteiger partial charge in [-0.1, -0.05) is 13.8 Å². The highest BCUT2D eigenvalue weighted by atomic mass is 15.3. The van der Waals surface area contributed by atoms with Crippen LogP contribution in [0.1, 0.15) is 32.4 Å². The van der Waals surface area contributed by atoms with E-state index in [9.17, 15) is 0 Å². The summed E-state index contributed by atoms with van der Waals surface area (Å²) in [5, 5.41) is 16.7. The monoisotopic (exact) mass is 216 g/mol. The molecule has 4 heteroatoms. The summed E-state index contributed by atoms with van der Waals surface area (Å²) in [7, 11) is 0. The molecule has 1 aliphatic rings. The van der Waals surface area contributed by atoms with Crippen molar-refractivity contribution < 1.29 is 0 Å². The molecule has 0 radical (unpaired) electrons. The minimum atomic E-state index is 0.379. The molecule has 1 aliphatic carbocycles. The Hall–Kier alpha value is -1.63. The molecule has 1 saturated carbocycles. The van der Waals surface area contributed by atoms with Gasteiger partial charge in [-0.2, -0.15) is 5.26 Å². The summed E-state index contributed by atoms with van der Waals surface area (Å²) in [6.07, 6.45) is 2.49. The highest BCUT2D eigenvalue weighted by Crippen LogP contribution is 2.30. The Bertz CT molecular complexity index is 386. The quantitative estimate of drug-likeness (QED) is 0.772. The van der Waals surface area contributed by atoms with Gasteiger partial charge in [0, 0.05) is 12.6 Å². The Kier molecular flexibility index (Phi) is 3.04. The van der Waals surface area contributed by atoms with Gasteiger partial charge < -0.3 is 4.90 Å². The van der Waals surface area contributed by atoms with Gasteiger partial charge in [-0.15, -0.1) is 10.2 Å². The number of nitriles is 1. The van der Waals surface area contributed by atoms with E-state index in [1.807, 2.05) is 12.1 Å². The minimum absolute atomic E-state index is 0.379. The van der Waals surface area contributed by atoms with E-state index in [-0.39, 0.29) is 0 Å². The Morgan fingerprint density at radius 3 is 2.62 bits per heavy atom. The van der Waals surface area contributed by atoms with Gasteiger partial charge in [0.25, 0.3) is 0 Å². The topological polar surface area (TPSA) is 52.8 Å². The minimum Gasteiger partial charge on any atom is -0.352 e. The van der Waals surface area contributed by atoms with Crippen molar-refractivity contribution in [3.05, 3.63) is 17.8 Å². The Balaban J connectivity index is 2.15. The lowest BCUT2D eigenvalue weighted by Gasteiger charge is -2.24. The summed E-state index contributed by atoms with van der Waals surface area (Å²) in [4.78, 5) is 2.30. The van der Waals surface area contributed by atoms with E-state index < -0.39 is 0 Å². The van der Waals surface area contributed by atoms with Crippen LogP contribution in [0.15, 0.2) is 12.1 Å². The molecule has 0 aromatic carbocycles. The van der Waals surface area contributed by atoms with Gasteiger partial charge in [0.15, 0.2) is 11.5 Å². The average molecular weight is 216 g/mol. The smallest absolute Gasteiger partial charge is 0.163 e. The van der Waals surface area contributed by atoms with Crippen LogP contribution in [0.4, 0.5) is 5.82 Å². The molecule has 0 amide bonds. The maximum absolute atomic E-state index is 8.67. The van der Waals surface area contributed by atoms with Crippen LogP contribution in [0.2, 0.25) is 0 Å². The summed E-state index contributed by atoms with van der Waals surface area (Å²) in [5.41, 5.74) is 0.379. The van der Waals surface area contributed by atoms with E-state index in [0.717, 1.165) is 12.4 Å². The van der Waals surface area contributed by atoms with Crippen LogP contribution in [-0.4, -0.2) is 22.8 Å². The van der Waals surface area contributed by atoms with E-state index >= 15 is 0 Å². The van der Waals surface area contributed by atoms with Crippen molar-refractivity contribution in [3.63, 3.8) is 0 Å². The molecule has 0 unspecified atom stereocenters. The maximum atomic E-state index is 8.67. The Morgan fingerprint density at radius 1 is 1.44 bits per heavy atom. The van der Waals surface area contributed by atoms with Crippen LogP contribution < -0.4 is 4.90 Å². The predicted octanol–water partition coefficient (Wildman–Crippen LogP) is 1.97. The first kappa shape index (κ1) is 10.9. The summed E-state index contributed by atoms with van der Waals surface area (Å²) in [6.45, 7) is 5.41. The van der Waals surface area contributed by atoms with Crippen LogP contribution in [0.3, 0.4) is 0 Å². The third-order valence-corrected chi connectivity index (χ3v) is 2.61. The average Bonchev–Trinajstić information content (AvgIpc) is 3.10. The zero-order valence-electron chi connectivity index (χ0n) is 9.72. The molecule has 2 rings (SSSR count). The number of nitrogens with zero attached hydrogens (tertiary/aromatic N) is 4. The van der Waals surface area contributed by atoms with Gasteiger partial charge in [-0.25, -0.2) is 0 Å². The molecule has 84 valence electrons. The molecule has 0 atom stereocenters. The standard InChI is InChI=1S/C12H16N4/c1-9(2)8-16(11-4-5-11)12-6-3-10(7-13)14-15-12/h3,6,9,11H,4-5,8H2,1-2H3. The second-order valence-electron chi connectivity index (χ2n) is 4.67. The molecule has 4 nitrogen and oxygen atoms in total. The second-order valence-corrected chi connectivity index (χ2v) is 4.67. The van der Waals surface area contributed by atoms with E-state index in [1.54, 1.807) is 6.07 Å². The summed E-state index contributed by atoms with van der Waals surface area (Å²) >= 11 is 0. The molecule has 16 heavy (non-hydrogen) atoms. The molecular formula is C12H16N4. The maximum Gasteiger partial charge on any atom is 0.163 e.